The van der Waals surface area contributed by atoms with Crippen LogP contribution in [0.4, 0.5) is 5.69 Å². The Labute approximate surface area is 197 Å². The molecule has 0 saturated heterocycles. The molecular formula is C25H35NO6Si. The fraction of sp³-hybridized carbons (Fsp3) is 0.400. The van der Waals surface area contributed by atoms with Crippen molar-refractivity contribution >= 4 is 20.0 Å². The number of carboxylic acids is 1. The van der Waals surface area contributed by atoms with Crippen molar-refractivity contribution in [2.75, 3.05) is 26.6 Å². The van der Waals surface area contributed by atoms with Crippen LogP contribution >= 0.6 is 0 Å². The van der Waals surface area contributed by atoms with E-state index in [0.717, 1.165) is 0 Å². The molecule has 0 aromatic heterocycles. The number of carbonyl (C=O) groups is 1. The second kappa shape index (κ2) is 10.2. The van der Waals surface area contributed by atoms with Gasteiger partial charge in [0.05, 0.1) is 32.9 Å². The van der Waals surface area contributed by atoms with Crippen molar-refractivity contribution in [2.45, 2.75) is 44.9 Å². The molecule has 0 spiro atoms. The summed E-state index contributed by atoms with van der Waals surface area (Å²) in [5.41, 5.74) is 1.34. The van der Waals surface area contributed by atoms with E-state index in [1.54, 1.807) is 45.6 Å². The molecule has 0 aliphatic heterocycles. The van der Waals surface area contributed by atoms with Gasteiger partial charge in [-0.2, -0.15) is 0 Å². The first kappa shape index (κ1) is 26.1. The number of ether oxygens (including phenoxy) is 3. The Morgan fingerprint density at radius 1 is 0.939 bits per heavy atom. The van der Waals surface area contributed by atoms with Gasteiger partial charge < -0.3 is 29.1 Å². The fourth-order valence-electron chi connectivity index (χ4n) is 2.97. The topological polar surface area (TPSA) is 86.3 Å². The zero-order valence-electron chi connectivity index (χ0n) is 20.7. The molecular weight excluding hydrogens is 438 g/mol. The molecule has 1 atom stereocenters. The van der Waals surface area contributed by atoms with Crippen molar-refractivity contribution in [2.24, 2.45) is 0 Å². The van der Waals surface area contributed by atoms with Crippen molar-refractivity contribution in [3.8, 4) is 23.0 Å². The van der Waals surface area contributed by atoms with Crippen LogP contribution in [0, 0.1) is 0 Å². The SMILES string of the molecule is C=C(C(=O)O)C(Nc1ccc(OC)c(OC)c1)c1ccc(OC)c(O[Si](C)(C)C(C)(C)C)c1. The van der Waals surface area contributed by atoms with Crippen LogP contribution in [0.5, 0.6) is 23.0 Å². The van der Waals surface area contributed by atoms with Crippen molar-refractivity contribution in [3.63, 3.8) is 0 Å². The molecule has 0 bridgehead atoms. The summed E-state index contributed by atoms with van der Waals surface area (Å²) in [6.07, 6.45) is 0. The van der Waals surface area contributed by atoms with Gasteiger partial charge in [0.25, 0.3) is 8.32 Å². The zero-order valence-corrected chi connectivity index (χ0v) is 21.7. The highest BCUT2D eigenvalue weighted by Gasteiger charge is 2.39. The minimum absolute atomic E-state index is 0.00627. The van der Waals surface area contributed by atoms with Crippen LogP contribution in [-0.2, 0) is 4.79 Å². The second-order valence-electron chi connectivity index (χ2n) is 9.25. The van der Waals surface area contributed by atoms with Gasteiger partial charge in [-0.05, 0) is 48.0 Å². The van der Waals surface area contributed by atoms with Crippen molar-refractivity contribution < 1.29 is 28.5 Å². The number of hydrogen-bond acceptors (Lipinski definition) is 6. The molecule has 0 fully saturated rings. The predicted molar refractivity (Wildman–Crippen MR) is 134 cm³/mol. The minimum Gasteiger partial charge on any atom is -0.541 e. The van der Waals surface area contributed by atoms with Crippen molar-refractivity contribution in [1.29, 1.82) is 0 Å². The Balaban J connectivity index is 2.52. The maximum Gasteiger partial charge on any atom is 0.333 e. The molecule has 0 heterocycles. The summed E-state index contributed by atoms with van der Waals surface area (Å²) in [6.45, 7) is 14.6. The zero-order chi connectivity index (χ0) is 25.0. The van der Waals surface area contributed by atoms with E-state index >= 15 is 0 Å². The second-order valence-corrected chi connectivity index (χ2v) is 14.0. The summed E-state index contributed by atoms with van der Waals surface area (Å²) in [5.74, 6) is 1.17. The molecule has 2 N–H and O–H groups in total. The van der Waals surface area contributed by atoms with E-state index in [1.165, 1.54) is 0 Å². The summed E-state index contributed by atoms with van der Waals surface area (Å²) in [4.78, 5) is 11.9. The number of nitrogens with one attached hydrogen (secondary N) is 1. The van der Waals surface area contributed by atoms with Crippen LogP contribution in [0.1, 0.15) is 32.4 Å². The molecule has 8 heteroatoms. The largest absolute Gasteiger partial charge is 0.541 e. The summed E-state index contributed by atoms with van der Waals surface area (Å²) in [7, 11) is 2.52. The average Bonchev–Trinajstić information content (AvgIpc) is 2.75. The molecule has 0 aliphatic rings. The van der Waals surface area contributed by atoms with Gasteiger partial charge in [0.2, 0.25) is 0 Å². The Morgan fingerprint density at radius 3 is 2.00 bits per heavy atom. The van der Waals surface area contributed by atoms with Crippen LogP contribution in [0.3, 0.4) is 0 Å². The van der Waals surface area contributed by atoms with Crippen molar-refractivity contribution in [3.05, 3.63) is 54.1 Å². The van der Waals surface area contributed by atoms with Crippen LogP contribution < -0.4 is 24.0 Å². The van der Waals surface area contributed by atoms with Crippen LogP contribution in [0.15, 0.2) is 48.6 Å². The van der Waals surface area contributed by atoms with Gasteiger partial charge in [0.15, 0.2) is 17.2 Å². The van der Waals surface area contributed by atoms with Crippen molar-refractivity contribution in [1.82, 2.24) is 0 Å². The number of hydrogen-bond donors (Lipinski definition) is 2. The monoisotopic (exact) mass is 473 g/mol. The lowest BCUT2D eigenvalue weighted by atomic mass is 9.98. The molecule has 1 unspecified atom stereocenters. The number of rotatable bonds is 10. The maximum absolute atomic E-state index is 11.9. The predicted octanol–water partition coefficient (Wildman–Crippen LogP) is 5.89. The molecule has 0 saturated carbocycles. The molecule has 2 aromatic rings. The summed E-state index contributed by atoms with van der Waals surface area (Å²) < 4.78 is 22.7. The Hall–Kier alpha value is -3.13. The van der Waals surface area contributed by atoms with Crippen LogP contribution in [0.2, 0.25) is 18.1 Å². The maximum atomic E-state index is 11.9. The third kappa shape index (κ3) is 6.01. The third-order valence-electron chi connectivity index (χ3n) is 6.01. The first-order valence-electron chi connectivity index (χ1n) is 10.6. The van der Waals surface area contributed by atoms with E-state index in [-0.39, 0.29) is 10.6 Å². The molecule has 0 aliphatic carbocycles. The number of benzene rings is 2. The van der Waals surface area contributed by atoms with Gasteiger partial charge in [0.1, 0.15) is 5.75 Å². The van der Waals surface area contributed by atoms with E-state index < -0.39 is 20.3 Å². The number of aliphatic carboxylic acids is 1. The highest BCUT2D eigenvalue weighted by atomic mass is 28.4. The Morgan fingerprint density at radius 2 is 1.48 bits per heavy atom. The average molecular weight is 474 g/mol. The first-order valence-corrected chi connectivity index (χ1v) is 13.5. The number of methoxy groups -OCH3 is 3. The third-order valence-corrected chi connectivity index (χ3v) is 10.4. The van der Waals surface area contributed by atoms with E-state index in [4.69, 9.17) is 18.6 Å². The van der Waals surface area contributed by atoms with Gasteiger partial charge in [-0.25, -0.2) is 4.79 Å². The lowest BCUT2D eigenvalue weighted by Gasteiger charge is -2.37. The van der Waals surface area contributed by atoms with E-state index in [9.17, 15) is 9.90 Å². The molecule has 2 rings (SSSR count). The summed E-state index contributed by atoms with van der Waals surface area (Å²) in [6, 6.07) is 10.00. The molecule has 0 radical (unpaired) electrons. The molecule has 180 valence electrons. The molecule has 33 heavy (non-hydrogen) atoms. The lowest BCUT2D eigenvalue weighted by molar-refractivity contribution is -0.132. The molecule has 7 nitrogen and oxygen atoms in total. The lowest BCUT2D eigenvalue weighted by Crippen LogP contribution is -2.44. The van der Waals surface area contributed by atoms with Crippen LogP contribution in [0.25, 0.3) is 0 Å². The summed E-state index contributed by atoms with van der Waals surface area (Å²) >= 11 is 0. The Bertz CT molecular complexity index is 1010. The van der Waals surface area contributed by atoms with E-state index in [0.29, 0.717) is 34.2 Å². The van der Waals surface area contributed by atoms with Gasteiger partial charge in [-0.3, -0.25) is 0 Å². The number of carboxylic acid groups (broad SMARTS) is 1. The highest BCUT2D eigenvalue weighted by Crippen LogP contribution is 2.42. The smallest absolute Gasteiger partial charge is 0.333 e. The Kier molecular flexibility index (Phi) is 8.08. The normalized spacial score (nSPS) is 12.5. The first-order chi connectivity index (χ1) is 15.3. The van der Waals surface area contributed by atoms with Gasteiger partial charge in [0, 0.05) is 11.8 Å². The standard InChI is InChI=1S/C25H35NO6Si/c1-16(24(27)28)23(26-18-11-13-19(29-5)21(15-18)31-7)17-10-12-20(30-6)22(14-17)32-33(8,9)25(2,3)4/h10-15,23,26H,1H2,2-9H3,(H,27,28). The highest BCUT2D eigenvalue weighted by molar-refractivity contribution is 6.74. The fourth-order valence-corrected chi connectivity index (χ4v) is 3.98. The summed E-state index contributed by atoms with van der Waals surface area (Å²) in [5, 5.41) is 12.9. The quantitative estimate of drug-likeness (QED) is 0.329. The minimum atomic E-state index is -2.17. The van der Waals surface area contributed by atoms with Gasteiger partial charge in [-0.1, -0.05) is 33.4 Å². The van der Waals surface area contributed by atoms with E-state index in [1.807, 2.05) is 12.1 Å². The van der Waals surface area contributed by atoms with E-state index in [2.05, 4.69) is 45.8 Å². The number of anilines is 1. The molecule has 0 amide bonds. The van der Waals surface area contributed by atoms with Crippen LogP contribution in [-0.4, -0.2) is 40.7 Å². The molecule has 2 aromatic carbocycles. The van der Waals surface area contributed by atoms with Gasteiger partial charge >= 0.3 is 5.97 Å². The van der Waals surface area contributed by atoms with Gasteiger partial charge in [-0.15, -0.1) is 0 Å².